The lowest BCUT2D eigenvalue weighted by Gasteiger charge is -2.30. The van der Waals surface area contributed by atoms with Gasteiger partial charge in [-0.3, -0.25) is 0 Å². The van der Waals surface area contributed by atoms with Gasteiger partial charge in [-0.2, -0.15) is 0 Å². The molecule has 18 heavy (non-hydrogen) atoms. The summed E-state index contributed by atoms with van der Waals surface area (Å²) in [4.78, 5) is 0.477. The van der Waals surface area contributed by atoms with E-state index in [1.807, 2.05) is 6.07 Å². The van der Waals surface area contributed by atoms with Crippen LogP contribution in [0, 0.1) is 12.8 Å². The van der Waals surface area contributed by atoms with E-state index in [4.69, 9.17) is 18.0 Å². The fourth-order valence-corrected chi connectivity index (χ4v) is 3.00. The third-order valence-corrected chi connectivity index (χ3v) is 4.18. The van der Waals surface area contributed by atoms with Gasteiger partial charge in [-0.1, -0.05) is 32.0 Å². The van der Waals surface area contributed by atoms with Crippen LogP contribution in [-0.4, -0.2) is 11.0 Å². The van der Waals surface area contributed by atoms with Crippen LogP contribution in [0.3, 0.4) is 0 Å². The van der Waals surface area contributed by atoms with Crippen LogP contribution in [0.25, 0.3) is 0 Å². The highest BCUT2D eigenvalue weighted by Crippen LogP contribution is 2.27. The predicted molar refractivity (Wildman–Crippen MR) is 82.1 cm³/mol. The van der Waals surface area contributed by atoms with E-state index in [2.05, 4.69) is 31.3 Å². The molecule has 2 unspecified atom stereocenters. The molecule has 1 aliphatic carbocycles. The largest absolute Gasteiger partial charge is 0.389 e. The Labute approximate surface area is 115 Å². The van der Waals surface area contributed by atoms with Gasteiger partial charge in [0.05, 0.1) is 0 Å². The fraction of sp³-hybridized carbons (Fsp3) is 0.533. The molecular weight excluding hydrogens is 240 g/mol. The summed E-state index contributed by atoms with van der Waals surface area (Å²) < 4.78 is 0. The Hall–Kier alpha value is -1.09. The van der Waals surface area contributed by atoms with Crippen LogP contribution in [0.15, 0.2) is 18.2 Å². The van der Waals surface area contributed by atoms with E-state index in [1.54, 1.807) is 0 Å². The third kappa shape index (κ3) is 3.02. The number of anilines is 1. The number of nitrogens with one attached hydrogen (secondary N) is 1. The highest BCUT2D eigenvalue weighted by atomic mass is 32.1. The predicted octanol–water partition coefficient (Wildman–Crippen LogP) is 3.62. The smallest absolute Gasteiger partial charge is 0.104 e. The zero-order valence-electron chi connectivity index (χ0n) is 11.2. The van der Waals surface area contributed by atoms with E-state index in [-0.39, 0.29) is 0 Å². The Morgan fingerprint density at radius 2 is 2.06 bits per heavy atom. The molecule has 2 rings (SSSR count). The monoisotopic (exact) mass is 262 g/mol. The van der Waals surface area contributed by atoms with Crippen LogP contribution in [0.1, 0.15) is 43.7 Å². The summed E-state index contributed by atoms with van der Waals surface area (Å²) in [7, 11) is 0. The summed E-state index contributed by atoms with van der Waals surface area (Å²) in [5.41, 5.74) is 9.00. The van der Waals surface area contributed by atoms with E-state index in [0.29, 0.717) is 11.0 Å². The number of hydrogen-bond acceptors (Lipinski definition) is 2. The fourth-order valence-electron chi connectivity index (χ4n) is 2.77. The Morgan fingerprint density at radius 3 is 2.67 bits per heavy atom. The summed E-state index contributed by atoms with van der Waals surface area (Å²) in [5, 5.41) is 3.65. The molecule has 0 bridgehead atoms. The minimum atomic E-state index is 0.477. The third-order valence-electron chi connectivity index (χ3n) is 3.96. The molecule has 3 N–H and O–H groups in total. The van der Waals surface area contributed by atoms with Gasteiger partial charge < -0.3 is 11.1 Å². The van der Waals surface area contributed by atoms with Crippen LogP contribution in [0.4, 0.5) is 5.69 Å². The molecule has 3 heteroatoms. The maximum absolute atomic E-state index is 5.68. The number of hydrogen-bond donors (Lipinski definition) is 2. The van der Waals surface area contributed by atoms with Gasteiger partial charge in [0.2, 0.25) is 0 Å². The number of nitrogens with two attached hydrogens (primary N) is 1. The lowest BCUT2D eigenvalue weighted by atomic mass is 9.86. The molecule has 98 valence electrons. The second-order valence-electron chi connectivity index (χ2n) is 5.41. The normalized spacial score (nSPS) is 23.7. The van der Waals surface area contributed by atoms with Crippen molar-refractivity contribution in [3.8, 4) is 0 Å². The summed E-state index contributed by atoms with van der Waals surface area (Å²) in [5.74, 6) is 0.759. The van der Waals surface area contributed by atoms with E-state index in [0.717, 1.165) is 17.0 Å². The van der Waals surface area contributed by atoms with Crippen molar-refractivity contribution in [2.24, 2.45) is 11.7 Å². The Morgan fingerprint density at radius 1 is 1.33 bits per heavy atom. The average Bonchev–Trinajstić information content (AvgIpc) is 2.32. The van der Waals surface area contributed by atoms with Gasteiger partial charge in [0, 0.05) is 17.3 Å². The molecule has 1 aliphatic rings. The number of thiocarbonyl (C=S) groups is 1. The van der Waals surface area contributed by atoms with Crippen molar-refractivity contribution in [3.05, 3.63) is 29.3 Å². The minimum absolute atomic E-state index is 0.477. The molecule has 1 fully saturated rings. The van der Waals surface area contributed by atoms with Crippen molar-refractivity contribution in [3.63, 3.8) is 0 Å². The molecule has 0 spiro atoms. The van der Waals surface area contributed by atoms with Gasteiger partial charge in [-0.15, -0.1) is 0 Å². The summed E-state index contributed by atoms with van der Waals surface area (Å²) in [6, 6.07) is 6.86. The van der Waals surface area contributed by atoms with Crippen LogP contribution >= 0.6 is 12.2 Å². The lowest BCUT2D eigenvalue weighted by molar-refractivity contribution is 0.349. The topological polar surface area (TPSA) is 38.0 Å². The van der Waals surface area contributed by atoms with Gasteiger partial charge >= 0.3 is 0 Å². The van der Waals surface area contributed by atoms with Gasteiger partial charge in [0.15, 0.2) is 0 Å². The van der Waals surface area contributed by atoms with Crippen LogP contribution in [-0.2, 0) is 0 Å². The summed E-state index contributed by atoms with van der Waals surface area (Å²) in [6.07, 6.45) is 5.32. The standard InChI is InChI=1S/C15H22N2S/c1-10-5-3-4-6-14(10)17-12-7-8-13(15(16)18)11(2)9-12/h7-10,14,17H,3-6H2,1-2H3,(H2,16,18). The van der Waals surface area contributed by atoms with Gasteiger partial charge in [-0.05, 0) is 49.4 Å². The molecule has 0 saturated heterocycles. The zero-order valence-corrected chi connectivity index (χ0v) is 12.0. The molecule has 2 nitrogen and oxygen atoms in total. The van der Waals surface area contributed by atoms with Crippen molar-refractivity contribution >= 4 is 22.9 Å². The molecule has 1 aromatic rings. The Bertz CT molecular complexity index is 442. The van der Waals surface area contributed by atoms with Crippen molar-refractivity contribution in [1.82, 2.24) is 0 Å². The van der Waals surface area contributed by atoms with Crippen LogP contribution < -0.4 is 11.1 Å². The van der Waals surface area contributed by atoms with Crippen molar-refractivity contribution in [2.75, 3.05) is 5.32 Å². The molecule has 1 saturated carbocycles. The van der Waals surface area contributed by atoms with E-state index < -0.39 is 0 Å². The molecule has 0 heterocycles. The number of rotatable bonds is 3. The highest BCUT2D eigenvalue weighted by molar-refractivity contribution is 7.80. The van der Waals surface area contributed by atoms with Gasteiger partial charge in [-0.25, -0.2) is 0 Å². The first-order chi connectivity index (χ1) is 8.58. The molecule has 0 aliphatic heterocycles. The maximum atomic E-state index is 5.68. The van der Waals surface area contributed by atoms with E-state index >= 15 is 0 Å². The minimum Gasteiger partial charge on any atom is -0.389 e. The molecule has 1 aromatic carbocycles. The van der Waals surface area contributed by atoms with E-state index in [9.17, 15) is 0 Å². The number of aryl methyl sites for hydroxylation is 1. The van der Waals surface area contributed by atoms with Crippen LogP contribution in [0.5, 0.6) is 0 Å². The summed E-state index contributed by atoms with van der Waals surface area (Å²) in [6.45, 7) is 4.40. The number of benzene rings is 1. The van der Waals surface area contributed by atoms with Crippen LogP contribution in [0.2, 0.25) is 0 Å². The average molecular weight is 262 g/mol. The first kappa shape index (κ1) is 13.3. The molecule has 0 amide bonds. The van der Waals surface area contributed by atoms with Crippen molar-refractivity contribution in [2.45, 2.75) is 45.6 Å². The molecule has 0 aromatic heterocycles. The zero-order chi connectivity index (χ0) is 13.1. The molecule has 2 atom stereocenters. The second-order valence-corrected chi connectivity index (χ2v) is 5.85. The highest BCUT2D eigenvalue weighted by Gasteiger charge is 2.20. The SMILES string of the molecule is Cc1cc(NC2CCCCC2C)ccc1C(N)=S. The first-order valence-electron chi connectivity index (χ1n) is 6.75. The summed E-state index contributed by atoms with van der Waals surface area (Å²) >= 11 is 5.03. The van der Waals surface area contributed by atoms with Crippen molar-refractivity contribution < 1.29 is 0 Å². The lowest BCUT2D eigenvalue weighted by Crippen LogP contribution is -2.30. The Balaban J connectivity index is 2.10. The van der Waals surface area contributed by atoms with E-state index in [1.165, 1.54) is 31.4 Å². The Kier molecular flexibility index (Phi) is 4.23. The maximum Gasteiger partial charge on any atom is 0.104 e. The first-order valence-corrected chi connectivity index (χ1v) is 7.15. The van der Waals surface area contributed by atoms with Crippen molar-refractivity contribution in [1.29, 1.82) is 0 Å². The quantitative estimate of drug-likeness (QED) is 0.817. The van der Waals surface area contributed by atoms with Gasteiger partial charge in [0.25, 0.3) is 0 Å². The molecule has 0 radical (unpaired) electrons. The second kappa shape index (κ2) is 5.70. The molecular formula is C15H22N2S. The van der Waals surface area contributed by atoms with Gasteiger partial charge in [0.1, 0.15) is 4.99 Å².